The quantitative estimate of drug-likeness (QED) is 0.495. The molecule has 0 atom stereocenters. The van der Waals surface area contributed by atoms with Crippen LogP contribution in [0.5, 0.6) is 6.01 Å². The minimum Gasteiger partial charge on any atom is -0.480 e. The maximum absolute atomic E-state index is 12.9. The molecule has 4 N–H and O–H groups in total. The normalized spacial score (nSPS) is 16.6. The fraction of sp³-hybridized carbons (Fsp3) is 0.286. The number of benzene rings is 1. The molecule has 1 amide bonds. The first-order chi connectivity index (χ1) is 15.4. The predicted molar refractivity (Wildman–Crippen MR) is 113 cm³/mol. The van der Waals surface area contributed by atoms with Crippen LogP contribution >= 0.6 is 0 Å². The Morgan fingerprint density at radius 2 is 2.06 bits per heavy atom. The zero-order chi connectivity index (χ0) is 22.4. The number of aromatic amines is 1. The molecule has 164 valence electrons. The lowest BCUT2D eigenvalue weighted by molar-refractivity contribution is -0.137. The second kappa shape index (κ2) is 7.52. The highest BCUT2D eigenvalue weighted by Gasteiger charge is 2.31. The van der Waals surface area contributed by atoms with E-state index in [1.54, 1.807) is 6.07 Å². The molecule has 32 heavy (non-hydrogen) atoms. The molecular formula is C21H20N6O5. The minimum atomic E-state index is -1.07. The Morgan fingerprint density at radius 1 is 1.22 bits per heavy atom. The van der Waals surface area contributed by atoms with Crippen LogP contribution in [0, 0.1) is 0 Å². The summed E-state index contributed by atoms with van der Waals surface area (Å²) in [6.07, 6.45) is 5.11. The summed E-state index contributed by atoms with van der Waals surface area (Å²) in [7, 11) is 0. The molecule has 0 fully saturated rings. The molecule has 0 spiro atoms. The Hall–Kier alpha value is -4.15. The fourth-order valence-corrected chi connectivity index (χ4v) is 4.14. The van der Waals surface area contributed by atoms with Gasteiger partial charge in [0.1, 0.15) is 12.1 Å². The van der Waals surface area contributed by atoms with Crippen molar-refractivity contribution in [3.05, 3.63) is 57.0 Å². The van der Waals surface area contributed by atoms with E-state index in [2.05, 4.69) is 15.0 Å². The average molecular weight is 436 g/mol. The number of allylic oxidation sites excluding steroid dienone is 1. The number of carbonyl (C=O) groups excluding carboxylic acids is 1. The summed E-state index contributed by atoms with van der Waals surface area (Å²) in [5, 5.41) is 9.14. The Morgan fingerprint density at radius 3 is 2.88 bits per heavy atom. The molecule has 2 aromatic heterocycles. The number of fused-ring (bicyclic) bond motifs is 5. The van der Waals surface area contributed by atoms with Gasteiger partial charge in [0.15, 0.2) is 11.5 Å². The zero-order valence-corrected chi connectivity index (χ0v) is 17.0. The number of H-pyrrole nitrogens is 1. The molecule has 0 saturated carbocycles. The molecule has 11 heteroatoms. The van der Waals surface area contributed by atoms with Crippen LogP contribution in [0.15, 0.2) is 29.1 Å². The largest absolute Gasteiger partial charge is 0.480 e. The van der Waals surface area contributed by atoms with Gasteiger partial charge < -0.3 is 25.5 Å². The van der Waals surface area contributed by atoms with Gasteiger partial charge in [0, 0.05) is 12.1 Å². The number of carboxylic acid groups (broad SMARTS) is 1. The number of nitrogens with one attached hydrogen (secondary N) is 1. The summed E-state index contributed by atoms with van der Waals surface area (Å²) < 4.78 is 7.02. The zero-order valence-electron chi connectivity index (χ0n) is 17.0. The summed E-state index contributed by atoms with van der Waals surface area (Å²) >= 11 is 0. The Labute approximate surface area is 181 Å². The lowest BCUT2D eigenvalue weighted by atomic mass is 9.97. The van der Waals surface area contributed by atoms with E-state index in [0.717, 1.165) is 16.7 Å². The molecule has 4 heterocycles. The molecule has 0 radical (unpaired) electrons. The van der Waals surface area contributed by atoms with Crippen LogP contribution in [0.25, 0.3) is 11.2 Å². The van der Waals surface area contributed by atoms with Gasteiger partial charge >= 0.3 is 17.7 Å². The molecule has 0 unspecified atom stereocenters. The number of imidazole rings is 1. The number of nitrogens with zero attached hydrogens (tertiary/aromatic N) is 4. The Bertz CT molecular complexity index is 1350. The van der Waals surface area contributed by atoms with Gasteiger partial charge in [-0.15, -0.1) is 0 Å². The monoisotopic (exact) mass is 436 g/mol. The number of aromatic nitrogens is 4. The number of hydrogen-bond acceptors (Lipinski definition) is 7. The standard InChI is InChI=1S/C21H20N6O5/c22-17-16-18-25-20(24-17)32-5-3-1-2-4-12-6-11(8-27(18)21(31)23-16)7-13-14(12)9-26(19(13)30)10-15(28)29/h1-2,6-7H,3-5,8-10H2,(H,23,31)(H,28,29)(H2,22,24,25)/b2-1-. The van der Waals surface area contributed by atoms with Gasteiger partial charge in [0.2, 0.25) is 0 Å². The number of rotatable bonds is 2. The fourth-order valence-electron chi connectivity index (χ4n) is 4.14. The smallest absolute Gasteiger partial charge is 0.328 e. The highest BCUT2D eigenvalue weighted by molar-refractivity contribution is 6.00. The number of carbonyl (C=O) groups is 2. The van der Waals surface area contributed by atoms with E-state index in [0.29, 0.717) is 36.2 Å². The number of ether oxygens (including phenoxy) is 1. The molecule has 3 aromatic rings. The van der Waals surface area contributed by atoms with E-state index in [1.165, 1.54) is 9.47 Å². The molecule has 5 rings (SSSR count). The van der Waals surface area contributed by atoms with Gasteiger partial charge in [0.05, 0.1) is 13.2 Å². The van der Waals surface area contributed by atoms with Crippen LogP contribution in [0.2, 0.25) is 0 Å². The SMILES string of the molecule is Nc1nc2nc3c1[nH]c(=O)n3Cc1cc(c3c(c1)C(=O)N(CC(=O)O)C3)C/C=C\CCO2. The number of amides is 1. The van der Waals surface area contributed by atoms with E-state index >= 15 is 0 Å². The van der Waals surface area contributed by atoms with E-state index in [-0.39, 0.29) is 37.4 Å². The first-order valence-corrected chi connectivity index (χ1v) is 10.1. The molecule has 2 aliphatic heterocycles. The first kappa shape index (κ1) is 19.8. The van der Waals surface area contributed by atoms with Crippen LogP contribution in [-0.2, 0) is 24.3 Å². The van der Waals surface area contributed by atoms with Gasteiger partial charge in [-0.3, -0.25) is 14.2 Å². The van der Waals surface area contributed by atoms with Crippen molar-refractivity contribution in [3.8, 4) is 6.01 Å². The van der Waals surface area contributed by atoms with Gasteiger partial charge in [-0.2, -0.15) is 9.97 Å². The average Bonchev–Trinajstić information content (AvgIpc) is 3.22. The van der Waals surface area contributed by atoms with Crippen molar-refractivity contribution in [1.82, 2.24) is 24.4 Å². The van der Waals surface area contributed by atoms with Crippen molar-refractivity contribution in [2.24, 2.45) is 0 Å². The second-order valence-corrected chi connectivity index (χ2v) is 7.76. The minimum absolute atomic E-state index is 0.0855. The van der Waals surface area contributed by atoms with Crippen molar-refractivity contribution < 1.29 is 19.4 Å². The molecule has 0 aliphatic carbocycles. The number of nitrogen functional groups attached to an aromatic ring is 1. The number of nitrogens with two attached hydrogens (primary N) is 1. The molecule has 4 bridgehead atoms. The Balaban J connectivity index is 1.65. The number of hydrogen-bond donors (Lipinski definition) is 3. The van der Waals surface area contributed by atoms with Crippen LogP contribution in [0.4, 0.5) is 5.82 Å². The topological polar surface area (TPSA) is 156 Å². The summed E-state index contributed by atoms with van der Waals surface area (Å²) in [5.41, 5.74) is 9.12. The number of carboxylic acids is 1. The third-order valence-electron chi connectivity index (χ3n) is 5.59. The van der Waals surface area contributed by atoms with E-state index in [1.807, 2.05) is 18.2 Å². The third kappa shape index (κ3) is 3.37. The summed E-state index contributed by atoms with van der Waals surface area (Å²) in [5.74, 6) is -1.29. The summed E-state index contributed by atoms with van der Waals surface area (Å²) in [6, 6.07) is 3.74. The van der Waals surface area contributed by atoms with Gasteiger partial charge in [-0.05, 0) is 35.6 Å². The lowest BCUT2D eigenvalue weighted by Gasteiger charge is -2.12. The third-order valence-corrected chi connectivity index (χ3v) is 5.59. The maximum Gasteiger partial charge on any atom is 0.328 e. The molecular weight excluding hydrogens is 416 g/mol. The van der Waals surface area contributed by atoms with Gasteiger partial charge in [-0.25, -0.2) is 4.79 Å². The van der Waals surface area contributed by atoms with E-state index in [9.17, 15) is 14.4 Å². The number of anilines is 1. The summed E-state index contributed by atoms with van der Waals surface area (Å²) in [6.45, 7) is 0.355. The molecule has 2 aliphatic rings. The second-order valence-electron chi connectivity index (χ2n) is 7.76. The highest BCUT2D eigenvalue weighted by atomic mass is 16.5. The number of aliphatic carboxylic acids is 1. The van der Waals surface area contributed by atoms with E-state index in [4.69, 9.17) is 15.6 Å². The summed E-state index contributed by atoms with van der Waals surface area (Å²) in [4.78, 5) is 49.1. The highest BCUT2D eigenvalue weighted by Crippen LogP contribution is 2.29. The molecule has 11 nitrogen and oxygen atoms in total. The van der Waals surface area contributed by atoms with Crippen molar-refractivity contribution in [2.45, 2.75) is 25.9 Å². The van der Waals surface area contributed by atoms with Crippen molar-refractivity contribution in [3.63, 3.8) is 0 Å². The predicted octanol–water partition coefficient (Wildman–Crippen LogP) is 0.672. The van der Waals surface area contributed by atoms with Crippen LogP contribution in [0.1, 0.15) is 33.5 Å². The van der Waals surface area contributed by atoms with Crippen molar-refractivity contribution in [2.75, 3.05) is 18.9 Å². The van der Waals surface area contributed by atoms with Crippen molar-refractivity contribution >= 4 is 28.9 Å². The van der Waals surface area contributed by atoms with Gasteiger partial charge in [0.25, 0.3) is 5.91 Å². The first-order valence-electron chi connectivity index (χ1n) is 10.1. The maximum atomic E-state index is 12.9. The van der Waals surface area contributed by atoms with Crippen LogP contribution < -0.4 is 16.2 Å². The van der Waals surface area contributed by atoms with Gasteiger partial charge in [-0.1, -0.05) is 18.2 Å². The molecule has 0 saturated heterocycles. The Kier molecular flexibility index (Phi) is 4.65. The van der Waals surface area contributed by atoms with Crippen molar-refractivity contribution in [1.29, 1.82) is 0 Å². The lowest BCUT2D eigenvalue weighted by Crippen LogP contribution is -2.29. The van der Waals surface area contributed by atoms with Crippen LogP contribution in [0.3, 0.4) is 0 Å². The van der Waals surface area contributed by atoms with Crippen LogP contribution in [-0.4, -0.2) is 54.6 Å². The van der Waals surface area contributed by atoms with E-state index < -0.39 is 11.7 Å². The molecule has 1 aromatic carbocycles.